The van der Waals surface area contributed by atoms with Gasteiger partial charge in [0.2, 0.25) is 0 Å². The molecular formula is C25H22N2O4. The number of Topliss-reactive ketones (excluding diaryl/α,β-unsaturated/α-hetero) is 1. The number of carbonyl (C=O) groups is 2. The molecule has 0 radical (unpaired) electrons. The number of benzene rings is 2. The Morgan fingerprint density at radius 1 is 1.06 bits per heavy atom. The van der Waals surface area contributed by atoms with Crippen LogP contribution in [0.3, 0.4) is 0 Å². The van der Waals surface area contributed by atoms with E-state index < -0.39 is 17.7 Å². The normalized spacial score (nSPS) is 17.7. The lowest BCUT2D eigenvalue weighted by Crippen LogP contribution is -2.30. The van der Waals surface area contributed by atoms with Gasteiger partial charge in [-0.2, -0.15) is 0 Å². The minimum atomic E-state index is -0.789. The zero-order valence-electron chi connectivity index (χ0n) is 17.3. The molecule has 1 amide bonds. The van der Waals surface area contributed by atoms with Gasteiger partial charge in [0.25, 0.3) is 5.78 Å². The Morgan fingerprint density at radius 2 is 1.81 bits per heavy atom. The number of carbonyl (C=O) groups excluding carboxylic acids is 2. The highest BCUT2D eigenvalue weighted by molar-refractivity contribution is 6.51. The predicted octanol–water partition coefficient (Wildman–Crippen LogP) is 4.42. The van der Waals surface area contributed by atoms with Crippen molar-refractivity contribution in [2.24, 2.45) is 0 Å². The van der Waals surface area contributed by atoms with E-state index >= 15 is 0 Å². The van der Waals surface area contributed by atoms with E-state index in [0.29, 0.717) is 29.3 Å². The predicted molar refractivity (Wildman–Crippen MR) is 118 cm³/mol. The summed E-state index contributed by atoms with van der Waals surface area (Å²) in [6.07, 6.45) is 1.56. The largest absolute Gasteiger partial charge is 0.507 e. The van der Waals surface area contributed by atoms with Crippen LogP contribution in [0.1, 0.15) is 29.7 Å². The highest BCUT2D eigenvalue weighted by Crippen LogP contribution is 2.41. The van der Waals surface area contributed by atoms with Crippen molar-refractivity contribution in [3.63, 3.8) is 0 Å². The highest BCUT2D eigenvalue weighted by Gasteiger charge is 2.47. The average molecular weight is 414 g/mol. The maximum Gasteiger partial charge on any atom is 0.301 e. The highest BCUT2D eigenvalue weighted by atomic mass is 16.5. The number of aliphatic hydroxyl groups excluding tert-OH is 1. The Kier molecular flexibility index (Phi) is 5.54. The molecule has 0 bridgehead atoms. The van der Waals surface area contributed by atoms with Gasteiger partial charge in [-0.15, -0.1) is 0 Å². The van der Waals surface area contributed by atoms with E-state index in [1.165, 1.54) is 4.90 Å². The number of aryl methyl sites for hydroxylation is 1. The van der Waals surface area contributed by atoms with Crippen LogP contribution in [-0.2, 0) is 9.59 Å². The summed E-state index contributed by atoms with van der Waals surface area (Å²) < 4.78 is 5.57. The molecule has 6 nitrogen and oxygen atoms in total. The fourth-order valence-corrected chi connectivity index (χ4v) is 3.79. The van der Waals surface area contributed by atoms with Crippen LogP contribution < -0.4 is 9.64 Å². The van der Waals surface area contributed by atoms with Crippen molar-refractivity contribution < 1.29 is 19.4 Å². The molecule has 0 aliphatic carbocycles. The van der Waals surface area contributed by atoms with Gasteiger partial charge in [-0.1, -0.05) is 36.4 Å². The standard InChI is InChI=1S/C25H22N2O4/c1-3-31-19-13-12-18(15-16(19)2)23(28)21-22(17-9-5-4-6-10-17)27(25(30)24(21)29)20-11-7-8-14-26-20/h4-15,22,28H,3H2,1-2H3. The van der Waals surface area contributed by atoms with Crippen molar-refractivity contribution >= 4 is 23.3 Å². The second-order valence-electron chi connectivity index (χ2n) is 7.18. The van der Waals surface area contributed by atoms with Crippen molar-refractivity contribution in [2.75, 3.05) is 11.5 Å². The topological polar surface area (TPSA) is 79.7 Å². The lowest BCUT2D eigenvalue weighted by Gasteiger charge is -2.24. The van der Waals surface area contributed by atoms with Gasteiger partial charge in [-0.25, -0.2) is 4.98 Å². The fraction of sp³-hybridized carbons (Fsp3) is 0.160. The number of hydrogen-bond donors (Lipinski definition) is 1. The summed E-state index contributed by atoms with van der Waals surface area (Å²) in [6.45, 7) is 4.28. The molecule has 3 aromatic rings. The molecule has 1 atom stereocenters. The van der Waals surface area contributed by atoms with E-state index in [0.717, 1.165) is 5.56 Å². The van der Waals surface area contributed by atoms with Gasteiger partial charge in [0, 0.05) is 11.8 Å². The second-order valence-corrected chi connectivity index (χ2v) is 7.18. The van der Waals surface area contributed by atoms with Gasteiger partial charge in [0.05, 0.1) is 18.2 Å². The van der Waals surface area contributed by atoms with Gasteiger partial charge in [0.15, 0.2) is 0 Å². The number of ether oxygens (including phenoxy) is 1. The van der Waals surface area contributed by atoms with Crippen molar-refractivity contribution in [2.45, 2.75) is 19.9 Å². The first-order chi connectivity index (χ1) is 15.0. The summed E-state index contributed by atoms with van der Waals surface area (Å²) in [5, 5.41) is 11.2. The number of hydrogen-bond acceptors (Lipinski definition) is 5. The van der Waals surface area contributed by atoms with Crippen molar-refractivity contribution in [3.05, 3.63) is 95.2 Å². The fourth-order valence-electron chi connectivity index (χ4n) is 3.79. The average Bonchev–Trinajstić information content (AvgIpc) is 3.06. The molecule has 1 N–H and O–H groups in total. The van der Waals surface area contributed by atoms with Crippen LogP contribution >= 0.6 is 0 Å². The number of rotatable bonds is 5. The van der Waals surface area contributed by atoms with Gasteiger partial charge in [0.1, 0.15) is 17.3 Å². The summed E-state index contributed by atoms with van der Waals surface area (Å²) in [6, 6.07) is 18.7. The zero-order valence-corrected chi connectivity index (χ0v) is 17.3. The Balaban J connectivity index is 1.89. The van der Waals surface area contributed by atoms with Crippen molar-refractivity contribution in [3.8, 4) is 5.75 Å². The SMILES string of the molecule is CCOc1ccc(C(O)=C2C(=O)C(=O)N(c3ccccn3)C2c2ccccc2)cc1C. The number of anilines is 1. The number of amides is 1. The molecule has 1 aliphatic rings. The van der Waals surface area contributed by atoms with Crippen LogP contribution in [0.15, 0.2) is 78.5 Å². The van der Waals surface area contributed by atoms with Crippen LogP contribution in [0.5, 0.6) is 5.75 Å². The number of aromatic nitrogens is 1. The maximum atomic E-state index is 13.1. The molecule has 156 valence electrons. The monoisotopic (exact) mass is 414 g/mol. The summed E-state index contributed by atoms with van der Waals surface area (Å²) in [5.74, 6) is -0.648. The Bertz CT molecular complexity index is 1160. The third kappa shape index (κ3) is 3.68. The van der Waals surface area contributed by atoms with Gasteiger partial charge in [-0.3, -0.25) is 14.5 Å². The van der Waals surface area contributed by atoms with E-state index in [-0.39, 0.29) is 11.3 Å². The Morgan fingerprint density at radius 3 is 2.45 bits per heavy atom. The van der Waals surface area contributed by atoms with Crippen LogP contribution in [0.4, 0.5) is 5.82 Å². The lowest BCUT2D eigenvalue weighted by atomic mass is 9.95. The Hall–Kier alpha value is -3.93. The van der Waals surface area contributed by atoms with Crippen LogP contribution in [0.25, 0.3) is 5.76 Å². The molecule has 1 aromatic heterocycles. The van der Waals surface area contributed by atoms with Crippen LogP contribution in [0.2, 0.25) is 0 Å². The molecule has 4 rings (SSSR count). The van der Waals surface area contributed by atoms with Gasteiger partial charge in [-0.05, 0) is 55.3 Å². The summed E-state index contributed by atoms with van der Waals surface area (Å²) in [4.78, 5) is 31.7. The molecule has 0 spiro atoms. The molecule has 0 saturated carbocycles. The third-order valence-electron chi connectivity index (χ3n) is 5.20. The van der Waals surface area contributed by atoms with E-state index in [2.05, 4.69) is 4.98 Å². The number of pyridine rings is 1. The van der Waals surface area contributed by atoms with E-state index in [1.807, 2.05) is 44.2 Å². The molecule has 1 unspecified atom stereocenters. The minimum Gasteiger partial charge on any atom is -0.507 e. The van der Waals surface area contributed by atoms with E-state index in [4.69, 9.17) is 4.74 Å². The summed E-state index contributed by atoms with van der Waals surface area (Å²) >= 11 is 0. The zero-order chi connectivity index (χ0) is 22.0. The van der Waals surface area contributed by atoms with Crippen LogP contribution in [-0.4, -0.2) is 28.4 Å². The van der Waals surface area contributed by atoms with Gasteiger partial charge < -0.3 is 9.84 Å². The maximum absolute atomic E-state index is 13.1. The third-order valence-corrected chi connectivity index (χ3v) is 5.20. The molecule has 31 heavy (non-hydrogen) atoms. The van der Waals surface area contributed by atoms with Crippen molar-refractivity contribution in [1.29, 1.82) is 0 Å². The molecule has 1 saturated heterocycles. The smallest absolute Gasteiger partial charge is 0.301 e. The molecule has 1 aliphatic heterocycles. The van der Waals surface area contributed by atoms with Crippen LogP contribution in [0, 0.1) is 6.92 Å². The molecule has 2 aromatic carbocycles. The second kappa shape index (κ2) is 8.44. The molecule has 6 heteroatoms. The number of ketones is 1. The first-order valence-corrected chi connectivity index (χ1v) is 10.0. The summed E-state index contributed by atoms with van der Waals surface area (Å²) in [5.41, 5.74) is 2.00. The van der Waals surface area contributed by atoms with E-state index in [1.54, 1.807) is 42.6 Å². The molecule has 1 fully saturated rings. The van der Waals surface area contributed by atoms with Gasteiger partial charge >= 0.3 is 5.91 Å². The molecular weight excluding hydrogens is 392 g/mol. The number of nitrogens with zero attached hydrogens (tertiary/aromatic N) is 2. The quantitative estimate of drug-likeness (QED) is 0.380. The van der Waals surface area contributed by atoms with E-state index in [9.17, 15) is 14.7 Å². The van der Waals surface area contributed by atoms with Crippen molar-refractivity contribution in [1.82, 2.24) is 4.98 Å². The summed E-state index contributed by atoms with van der Waals surface area (Å²) in [7, 11) is 0. The minimum absolute atomic E-state index is 0.0328. The first-order valence-electron chi connectivity index (χ1n) is 10.0. The molecule has 2 heterocycles. The first kappa shape index (κ1) is 20.3. The number of aliphatic hydroxyl groups is 1. The lowest BCUT2D eigenvalue weighted by molar-refractivity contribution is -0.132. The Labute approximate surface area is 180 Å².